The molecule has 4 rings (SSSR count). The van der Waals surface area contributed by atoms with Gasteiger partial charge in [-0.3, -0.25) is 0 Å². The summed E-state index contributed by atoms with van der Waals surface area (Å²) in [4.78, 5) is 0. The van der Waals surface area contributed by atoms with Crippen LogP contribution in [0.15, 0.2) is 60.7 Å². The minimum atomic E-state index is -0.212. The van der Waals surface area contributed by atoms with Crippen LogP contribution in [0.4, 0.5) is 0 Å². The van der Waals surface area contributed by atoms with Crippen LogP contribution in [0.3, 0.4) is 0 Å². The lowest BCUT2D eigenvalue weighted by Gasteiger charge is -2.43. The SMILES string of the molecule is CC(C1CCC(O)C(c2ccccc2)C1)C1CCC(O)C(c2ccccc2)C1. The van der Waals surface area contributed by atoms with Crippen molar-refractivity contribution >= 4 is 0 Å². The van der Waals surface area contributed by atoms with Crippen LogP contribution in [0, 0.1) is 17.8 Å². The van der Waals surface area contributed by atoms with E-state index in [1.54, 1.807) is 0 Å². The zero-order chi connectivity index (χ0) is 19.5. The number of hydrogen-bond acceptors (Lipinski definition) is 2. The Labute approximate surface area is 169 Å². The average Bonchev–Trinajstić information content (AvgIpc) is 2.75. The minimum absolute atomic E-state index is 0.212. The van der Waals surface area contributed by atoms with Gasteiger partial charge in [0.2, 0.25) is 0 Å². The van der Waals surface area contributed by atoms with E-state index in [1.165, 1.54) is 11.1 Å². The molecule has 2 aromatic carbocycles. The third kappa shape index (κ3) is 4.18. The molecule has 2 aliphatic rings. The predicted octanol–water partition coefficient (Wildman–Crippen LogP) is 5.51. The van der Waals surface area contributed by atoms with E-state index < -0.39 is 0 Å². The first-order chi connectivity index (χ1) is 13.6. The largest absolute Gasteiger partial charge is 0.392 e. The van der Waals surface area contributed by atoms with E-state index in [9.17, 15) is 10.2 Å². The third-order valence-corrected chi connectivity index (χ3v) is 7.65. The molecule has 0 spiro atoms. The van der Waals surface area contributed by atoms with Crippen LogP contribution in [-0.2, 0) is 0 Å². The predicted molar refractivity (Wildman–Crippen MR) is 114 cm³/mol. The highest BCUT2D eigenvalue weighted by Crippen LogP contribution is 2.46. The summed E-state index contributed by atoms with van der Waals surface area (Å²) >= 11 is 0. The molecule has 2 saturated carbocycles. The second kappa shape index (κ2) is 8.80. The lowest BCUT2D eigenvalue weighted by atomic mass is 9.64. The second-order valence-electron chi connectivity index (χ2n) is 9.17. The molecule has 0 saturated heterocycles. The number of rotatable bonds is 4. The zero-order valence-corrected chi connectivity index (χ0v) is 17.0. The van der Waals surface area contributed by atoms with E-state index in [-0.39, 0.29) is 24.0 Å². The van der Waals surface area contributed by atoms with E-state index in [4.69, 9.17) is 0 Å². The van der Waals surface area contributed by atoms with Crippen molar-refractivity contribution in [3.8, 4) is 0 Å². The summed E-state index contributed by atoms with van der Waals surface area (Å²) in [6.07, 6.45) is 5.81. The summed E-state index contributed by atoms with van der Waals surface area (Å²) in [7, 11) is 0. The van der Waals surface area contributed by atoms with Gasteiger partial charge in [-0.25, -0.2) is 0 Å². The van der Waals surface area contributed by atoms with Crippen LogP contribution in [-0.4, -0.2) is 22.4 Å². The van der Waals surface area contributed by atoms with Gasteiger partial charge in [0.05, 0.1) is 12.2 Å². The molecular formula is C26H34O2. The van der Waals surface area contributed by atoms with Crippen LogP contribution in [0.25, 0.3) is 0 Å². The van der Waals surface area contributed by atoms with Gasteiger partial charge in [0.25, 0.3) is 0 Å². The van der Waals surface area contributed by atoms with E-state index in [1.807, 2.05) is 0 Å². The lowest BCUT2D eigenvalue weighted by Crippen LogP contribution is -2.36. The van der Waals surface area contributed by atoms with Crippen molar-refractivity contribution in [1.82, 2.24) is 0 Å². The number of benzene rings is 2. The Morgan fingerprint density at radius 2 is 1.04 bits per heavy atom. The summed E-state index contributed by atoms with van der Waals surface area (Å²) in [6.45, 7) is 2.43. The third-order valence-electron chi connectivity index (χ3n) is 7.65. The summed E-state index contributed by atoms with van der Waals surface area (Å²) in [5, 5.41) is 21.2. The van der Waals surface area contributed by atoms with E-state index in [0.29, 0.717) is 17.8 Å². The van der Waals surface area contributed by atoms with Gasteiger partial charge in [0, 0.05) is 11.8 Å². The smallest absolute Gasteiger partial charge is 0.0608 e. The van der Waals surface area contributed by atoms with Crippen molar-refractivity contribution in [2.45, 2.75) is 69.5 Å². The Morgan fingerprint density at radius 1 is 0.643 bits per heavy atom. The van der Waals surface area contributed by atoms with Gasteiger partial charge in [0.15, 0.2) is 0 Å². The Hall–Kier alpha value is -1.64. The van der Waals surface area contributed by atoms with Crippen molar-refractivity contribution < 1.29 is 10.2 Å². The molecular weight excluding hydrogens is 344 g/mol. The molecule has 2 fully saturated rings. The fourth-order valence-corrected chi connectivity index (χ4v) is 5.83. The van der Waals surface area contributed by atoms with Gasteiger partial charge >= 0.3 is 0 Å². The van der Waals surface area contributed by atoms with Crippen molar-refractivity contribution in [3.05, 3.63) is 71.8 Å². The Bertz CT molecular complexity index is 665. The first kappa shape index (κ1) is 19.7. The summed E-state index contributed by atoms with van der Waals surface area (Å²) in [5.74, 6) is 2.48. The molecule has 2 aliphatic carbocycles. The summed E-state index contributed by atoms with van der Waals surface area (Å²) in [5.41, 5.74) is 2.57. The molecule has 0 bridgehead atoms. The molecule has 2 N–H and O–H groups in total. The lowest BCUT2D eigenvalue weighted by molar-refractivity contribution is 0.0309. The quantitative estimate of drug-likeness (QED) is 0.736. The molecule has 0 aromatic heterocycles. The maximum absolute atomic E-state index is 10.6. The molecule has 6 atom stereocenters. The van der Waals surface area contributed by atoms with E-state index >= 15 is 0 Å². The molecule has 2 nitrogen and oxygen atoms in total. The zero-order valence-electron chi connectivity index (χ0n) is 17.0. The second-order valence-corrected chi connectivity index (χ2v) is 9.17. The van der Waals surface area contributed by atoms with Gasteiger partial charge in [0.1, 0.15) is 0 Å². The maximum Gasteiger partial charge on any atom is 0.0608 e. The highest BCUT2D eigenvalue weighted by molar-refractivity contribution is 5.23. The Kier molecular flexibility index (Phi) is 6.18. The average molecular weight is 379 g/mol. The summed E-state index contributed by atoms with van der Waals surface area (Å²) in [6, 6.07) is 21.1. The van der Waals surface area contributed by atoms with Crippen molar-refractivity contribution in [3.63, 3.8) is 0 Å². The topological polar surface area (TPSA) is 40.5 Å². The van der Waals surface area contributed by atoms with Crippen molar-refractivity contribution in [1.29, 1.82) is 0 Å². The van der Waals surface area contributed by atoms with Gasteiger partial charge in [-0.05, 0) is 67.4 Å². The molecule has 0 heterocycles. The van der Waals surface area contributed by atoms with Gasteiger partial charge in [-0.2, -0.15) is 0 Å². The maximum atomic E-state index is 10.6. The highest BCUT2D eigenvalue weighted by Gasteiger charge is 2.38. The monoisotopic (exact) mass is 378 g/mol. The number of aliphatic hydroxyl groups is 2. The molecule has 0 radical (unpaired) electrons. The van der Waals surface area contributed by atoms with Crippen LogP contribution in [0.2, 0.25) is 0 Å². The number of hydrogen-bond donors (Lipinski definition) is 2. The molecule has 28 heavy (non-hydrogen) atoms. The minimum Gasteiger partial charge on any atom is -0.392 e. The molecule has 6 unspecified atom stereocenters. The standard InChI is InChI=1S/C26H34O2/c1-18(21-12-14-25(27)23(16-21)19-8-4-2-5-9-19)22-13-15-26(28)24(17-22)20-10-6-3-7-11-20/h2-11,18,21-28H,12-17H2,1H3. The summed E-state index contributed by atoms with van der Waals surface area (Å²) < 4.78 is 0. The molecule has 2 aromatic rings. The van der Waals surface area contributed by atoms with E-state index in [2.05, 4.69) is 67.6 Å². The van der Waals surface area contributed by atoms with Crippen LogP contribution in [0.1, 0.15) is 68.4 Å². The fourth-order valence-electron chi connectivity index (χ4n) is 5.83. The van der Waals surface area contributed by atoms with Gasteiger partial charge < -0.3 is 10.2 Å². The normalized spacial score (nSPS) is 34.7. The van der Waals surface area contributed by atoms with Gasteiger partial charge in [-0.15, -0.1) is 0 Å². The number of aliphatic hydroxyl groups excluding tert-OH is 2. The van der Waals surface area contributed by atoms with Gasteiger partial charge in [-0.1, -0.05) is 67.6 Å². The van der Waals surface area contributed by atoms with Crippen LogP contribution in [0.5, 0.6) is 0 Å². The van der Waals surface area contributed by atoms with E-state index in [0.717, 1.165) is 38.5 Å². The fraction of sp³-hybridized carbons (Fsp3) is 0.538. The first-order valence-corrected chi connectivity index (χ1v) is 11.1. The Morgan fingerprint density at radius 3 is 1.43 bits per heavy atom. The molecule has 150 valence electrons. The molecule has 0 aliphatic heterocycles. The molecule has 2 heteroatoms. The Balaban J connectivity index is 1.45. The van der Waals surface area contributed by atoms with Crippen molar-refractivity contribution in [2.24, 2.45) is 17.8 Å². The first-order valence-electron chi connectivity index (χ1n) is 11.1. The highest BCUT2D eigenvalue weighted by atomic mass is 16.3. The molecule has 0 amide bonds. The van der Waals surface area contributed by atoms with Crippen LogP contribution >= 0.6 is 0 Å². The van der Waals surface area contributed by atoms with Crippen molar-refractivity contribution in [2.75, 3.05) is 0 Å². The van der Waals surface area contributed by atoms with Crippen LogP contribution < -0.4 is 0 Å².